The number of hydrogen-bond acceptors (Lipinski definition) is 9. The number of thiazole rings is 1. The summed E-state index contributed by atoms with van der Waals surface area (Å²) in [4.78, 5) is 53.0. The van der Waals surface area contributed by atoms with Crippen LogP contribution in [0.1, 0.15) is 62.3 Å². The largest absolute Gasteiger partial charge is 0.496 e. The fraction of sp³-hybridized carbons (Fsp3) is 0.333. The molecule has 1 N–H and O–H groups in total. The zero-order valence-corrected chi connectivity index (χ0v) is 22.7. The van der Waals surface area contributed by atoms with E-state index in [-0.39, 0.29) is 35.8 Å². The first-order valence-electron chi connectivity index (χ1n) is 12.6. The predicted octanol–water partition coefficient (Wildman–Crippen LogP) is 3.88. The van der Waals surface area contributed by atoms with Gasteiger partial charge in [0.15, 0.2) is 5.82 Å². The number of ether oxygens (including phenoxy) is 2. The van der Waals surface area contributed by atoms with Crippen molar-refractivity contribution in [3.05, 3.63) is 64.1 Å². The number of anilines is 1. The number of piperidine rings is 1. The molecule has 4 heterocycles. The van der Waals surface area contributed by atoms with Crippen molar-refractivity contribution in [3.63, 3.8) is 0 Å². The van der Waals surface area contributed by atoms with Crippen LogP contribution in [0.15, 0.2) is 41.9 Å². The number of fused-ring (bicyclic) bond motifs is 1. The number of benzene rings is 1. The Bertz CT molecular complexity index is 1540. The fourth-order valence-corrected chi connectivity index (χ4v) is 5.56. The highest BCUT2D eigenvalue weighted by atomic mass is 32.1. The summed E-state index contributed by atoms with van der Waals surface area (Å²) in [5.74, 6) is 0.0110. The van der Waals surface area contributed by atoms with Gasteiger partial charge in [0.05, 0.1) is 24.2 Å². The number of methoxy groups -OCH3 is 1. The lowest BCUT2D eigenvalue weighted by Gasteiger charge is -2.31. The molecule has 0 saturated carbocycles. The minimum absolute atomic E-state index is 0.102. The van der Waals surface area contributed by atoms with Gasteiger partial charge >= 0.3 is 5.97 Å². The maximum Gasteiger partial charge on any atom is 0.374 e. The van der Waals surface area contributed by atoms with Gasteiger partial charge in [-0.1, -0.05) is 12.1 Å². The summed E-state index contributed by atoms with van der Waals surface area (Å²) in [5.41, 5.74) is 1.36. The highest BCUT2D eigenvalue weighted by molar-refractivity contribution is 7.10. The zero-order valence-electron chi connectivity index (χ0n) is 21.8. The number of nitrogens with zero attached hydrogens (tertiary/aromatic N) is 5. The van der Waals surface area contributed by atoms with Crippen molar-refractivity contribution in [2.75, 3.05) is 32.1 Å². The minimum atomic E-state index is -0.559. The van der Waals surface area contributed by atoms with Gasteiger partial charge in [0.1, 0.15) is 17.1 Å². The Morgan fingerprint density at radius 2 is 1.87 bits per heavy atom. The van der Waals surface area contributed by atoms with Crippen molar-refractivity contribution < 1.29 is 23.9 Å². The number of likely N-dealkylation sites (tertiary alicyclic amines) is 1. The van der Waals surface area contributed by atoms with E-state index in [1.54, 1.807) is 43.6 Å². The zero-order chi connectivity index (χ0) is 27.5. The van der Waals surface area contributed by atoms with Crippen LogP contribution < -0.4 is 10.1 Å². The molecular formula is C27H28N6O5S. The molecule has 0 unspecified atom stereocenters. The highest BCUT2D eigenvalue weighted by Gasteiger charge is 2.28. The van der Waals surface area contributed by atoms with Crippen LogP contribution in [-0.4, -0.2) is 69.0 Å². The summed E-state index contributed by atoms with van der Waals surface area (Å²) in [6.45, 7) is 3.07. The number of aromatic nitrogens is 4. The average molecular weight is 549 g/mol. The van der Waals surface area contributed by atoms with Crippen molar-refractivity contribution in [1.29, 1.82) is 0 Å². The smallest absolute Gasteiger partial charge is 0.374 e. The SMILES string of the molecule is CCOC(=O)c1nc(NC(=O)c2csc(C3CCN(C(=O)c4cc(OC)c5ccccc5n4)CC3)n2)cn1C. The van der Waals surface area contributed by atoms with E-state index in [1.807, 2.05) is 24.3 Å². The van der Waals surface area contributed by atoms with Crippen LogP contribution in [0.25, 0.3) is 10.9 Å². The van der Waals surface area contributed by atoms with Gasteiger partial charge < -0.3 is 24.3 Å². The van der Waals surface area contributed by atoms with E-state index in [0.717, 1.165) is 23.2 Å². The molecule has 12 heteroatoms. The van der Waals surface area contributed by atoms with Crippen LogP contribution in [-0.2, 0) is 11.8 Å². The third kappa shape index (κ3) is 5.46. The Balaban J connectivity index is 1.21. The van der Waals surface area contributed by atoms with E-state index in [2.05, 4.69) is 20.3 Å². The van der Waals surface area contributed by atoms with Gasteiger partial charge in [-0.15, -0.1) is 11.3 Å². The van der Waals surface area contributed by atoms with Gasteiger partial charge in [-0.05, 0) is 31.9 Å². The number of para-hydroxylation sites is 1. The second-order valence-corrected chi connectivity index (χ2v) is 9.99. The molecule has 1 aliphatic rings. The molecule has 0 radical (unpaired) electrons. The number of amides is 2. The van der Waals surface area contributed by atoms with Gasteiger partial charge in [0.2, 0.25) is 5.82 Å². The second kappa shape index (κ2) is 11.2. The maximum atomic E-state index is 13.2. The molecule has 0 bridgehead atoms. The monoisotopic (exact) mass is 548 g/mol. The molecule has 39 heavy (non-hydrogen) atoms. The van der Waals surface area contributed by atoms with Crippen LogP contribution in [0.3, 0.4) is 0 Å². The average Bonchev–Trinajstić information content (AvgIpc) is 3.59. The molecule has 1 saturated heterocycles. The first-order chi connectivity index (χ1) is 18.9. The number of pyridine rings is 1. The number of carbonyl (C=O) groups excluding carboxylic acids is 3. The lowest BCUT2D eigenvalue weighted by Crippen LogP contribution is -2.38. The molecule has 0 aliphatic carbocycles. The van der Waals surface area contributed by atoms with E-state index in [4.69, 9.17) is 9.47 Å². The van der Waals surface area contributed by atoms with Crippen molar-refractivity contribution >= 4 is 45.8 Å². The van der Waals surface area contributed by atoms with Gasteiger partial charge in [-0.2, -0.15) is 0 Å². The van der Waals surface area contributed by atoms with Gasteiger partial charge in [0, 0.05) is 49.1 Å². The van der Waals surface area contributed by atoms with Crippen LogP contribution >= 0.6 is 11.3 Å². The number of imidazole rings is 1. The third-order valence-electron chi connectivity index (χ3n) is 6.58. The summed E-state index contributed by atoms with van der Waals surface area (Å²) in [6, 6.07) is 9.27. The van der Waals surface area contributed by atoms with Crippen molar-refractivity contribution in [3.8, 4) is 5.75 Å². The van der Waals surface area contributed by atoms with Crippen molar-refractivity contribution in [2.45, 2.75) is 25.7 Å². The number of nitrogens with one attached hydrogen (secondary N) is 1. The summed E-state index contributed by atoms with van der Waals surface area (Å²) in [7, 11) is 3.24. The van der Waals surface area contributed by atoms with E-state index in [9.17, 15) is 14.4 Å². The first-order valence-corrected chi connectivity index (χ1v) is 13.5. The fourth-order valence-electron chi connectivity index (χ4n) is 4.59. The molecule has 4 aromatic rings. The molecule has 1 fully saturated rings. The quantitative estimate of drug-likeness (QED) is 0.345. The molecule has 0 spiro atoms. The number of esters is 1. The molecule has 5 rings (SSSR count). The molecule has 11 nitrogen and oxygen atoms in total. The summed E-state index contributed by atoms with van der Waals surface area (Å²) >= 11 is 1.42. The van der Waals surface area contributed by atoms with Gasteiger partial charge in [0.25, 0.3) is 11.8 Å². The Morgan fingerprint density at radius 3 is 2.62 bits per heavy atom. The summed E-state index contributed by atoms with van der Waals surface area (Å²) < 4.78 is 12.0. The molecule has 202 valence electrons. The van der Waals surface area contributed by atoms with Crippen LogP contribution in [0.5, 0.6) is 5.75 Å². The number of carbonyl (C=O) groups is 3. The normalized spacial score (nSPS) is 13.9. The summed E-state index contributed by atoms with van der Waals surface area (Å²) in [5, 5.41) is 6.12. The second-order valence-electron chi connectivity index (χ2n) is 9.10. The minimum Gasteiger partial charge on any atom is -0.496 e. The number of hydrogen-bond donors (Lipinski definition) is 1. The molecule has 0 atom stereocenters. The van der Waals surface area contributed by atoms with Gasteiger partial charge in [-0.3, -0.25) is 9.59 Å². The number of aryl methyl sites for hydroxylation is 1. The van der Waals surface area contributed by atoms with Crippen molar-refractivity contribution in [2.24, 2.45) is 7.05 Å². The van der Waals surface area contributed by atoms with E-state index < -0.39 is 11.9 Å². The van der Waals surface area contributed by atoms with Crippen LogP contribution in [0.4, 0.5) is 5.82 Å². The van der Waals surface area contributed by atoms with Gasteiger partial charge in [-0.25, -0.2) is 19.7 Å². The Kier molecular flexibility index (Phi) is 7.55. The van der Waals surface area contributed by atoms with E-state index in [0.29, 0.717) is 30.0 Å². The molecule has 1 aliphatic heterocycles. The number of rotatable bonds is 7. The van der Waals surface area contributed by atoms with Crippen LogP contribution in [0.2, 0.25) is 0 Å². The van der Waals surface area contributed by atoms with Crippen molar-refractivity contribution in [1.82, 2.24) is 24.4 Å². The molecule has 3 aromatic heterocycles. The Labute approximate surface area is 228 Å². The lowest BCUT2D eigenvalue weighted by molar-refractivity contribution is 0.0507. The van der Waals surface area contributed by atoms with Crippen LogP contribution in [0, 0.1) is 0 Å². The topological polar surface area (TPSA) is 129 Å². The third-order valence-corrected chi connectivity index (χ3v) is 7.59. The van der Waals surface area contributed by atoms with E-state index >= 15 is 0 Å². The highest BCUT2D eigenvalue weighted by Crippen LogP contribution is 2.32. The maximum absolute atomic E-state index is 13.2. The Morgan fingerprint density at radius 1 is 1.10 bits per heavy atom. The first kappa shape index (κ1) is 26.3. The summed E-state index contributed by atoms with van der Waals surface area (Å²) in [6.07, 6.45) is 3.01. The predicted molar refractivity (Wildman–Crippen MR) is 145 cm³/mol. The standard InChI is InChI=1S/C27H28N6O5S/c1-4-38-27(36)23-30-22(14-32(23)2)31-24(34)20-15-39-25(29-20)16-9-11-33(12-10-16)26(35)19-13-21(37-3)17-7-5-6-8-18(17)28-19/h5-8,13-16H,4,9-12H2,1-3H3,(H,31,34). The molecule has 2 amide bonds. The lowest BCUT2D eigenvalue weighted by atomic mass is 9.97. The van der Waals surface area contributed by atoms with E-state index in [1.165, 1.54) is 15.9 Å². The molecular weight excluding hydrogens is 520 g/mol. The Hall–Kier alpha value is -4.32. The molecule has 1 aromatic carbocycles.